The molecule has 0 saturated heterocycles. The largest absolute Gasteiger partial charge is 0.309 e. The van der Waals surface area contributed by atoms with Crippen LogP contribution in [-0.2, 0) is 4.79 Å². The van der Waals surface area contributed by atoms with E-state index in [1.165, 1.54) is 0 Å². The molecule has 0 bridgehead atoms. The third kappa shape index (κ3) is 2.34. The molecular weight excluding hydrogens is 262 g/mol. The zero-order valence-electron chi connectivity index (χ0n) is 11.9. The zero-order valence-corrected chi connectivity index (χ0v) is 11.9. The van der Waals surface area contributed by atoms with Crippen LogP contribution in [0, 0.1) is 0 Å². The number of fused-ring (bicyclic) bond motifs is 1. The molecule has 2 aromatic rings. The quantitative estimate of drug-likeness (QED) is 0.916. The highest BCUT2D eigenvalue weighted by atomic mass is 16.2. The summed E-state index contributed by atoms with van der Waals surface area (Å²) in [7, 11) is 0. The smallest absolute Gasteiger partial charge is 0.266 e. The van der Waals surface area contributed by atoms with Crippen molar-refractivity contribution in [2.45, 2.75) is 13.1 Å². The van der Waals surface area contributed by atoms with Crippen LogP contribution in [0.2, 0.25) is 0 Å². The molecule has 106 valence electrons. The number of anilines is 1. The van der Waals surface area contributed by atoms with Gasteiger partial charge in [-0.2, -0.15) is 0 Å². The number of aliphatic imine (C=N–C) groups is 1. The van der Waals surface area contributed by atoms with E-state index in [9.17, 15) is 4.79 Å². The number of benzene rings is 2. The number of nitrogens with two attached hydrogens (primary N) is 1. The molecule has 0 radical (unpaired) electrons. The van der Waals surface area contributed by atoms with E-state index < -0.39 is 6.17 Å². The molecule has 1 atom stereocenters. The second-order valence-electron chi connectivity index (χ2n) is 4.89. The van der Waals surface area contributed by atoms with Crippen molar-refractivity contribution in [2.24, 2.45) is 10.7 Å². The minimum atomic E-state index is -0.868. The summed E-state index contributed by atoms with van der Waals surface area (Å²) in [4.78, 5) is 18.6. The van der Waals surface area contributed by atoms with Gasteiger partial charge in [0.15, 0.2) is 6.17 Å². The molecule has 4 nitrogen and oxygen atoms in total. The molecular formula is C17H17N3O. The van der Waals surface area contributed by atoms with Gasteiger partial charge in [-0.05, 0) is 13.0 Å². The molecule has 2 aromatic carbocycles. The maximum atomic E-state index is 12.4. The van der Waals surface area contributed by atoms with Gasteiger partial charge in [0, 0.05) is 17.7 Å². The third-order valence-corrected chi connectivity index (χ3v) is 3.60. The topological polar surface area (TPSA) is 58.7 Å². The van der Waals surface area contributed by atoms with Crippen molar-refractivity contribution in [3.8, 4) is 0 Å². The Kier molecular flexibility index (Phi) is 3.54. The molecule has 0 fully saturated rings. The summed E-state index contributed by atoms with van der Waals surface area (Å²) in [6.07, 6.45) is -0.868. The van der Waals surface area contributed by atoms with Gasteiger partial charge >= 0.3 is 0 Å². The molecule has 0 saturated carbocycles. The molecule has 0 unspecified atom stereocenters. The van der Waals surface area contributed by atoms with Crippen LogP contribution < -0.4 is 10.6 Å². The molecule has 1 aliphatic rings. The minimum absolute atomic E-state index is 0.170. The van der Waals surface area contributed by atoms with Crippen LogP contribution in [0.5, 0.6) is 0 Å². The molecule has 4 heteroatoms. The Hall–Kier alpha value is -2.46. The maximum Gasteiger partial charge on any atom is 0.266 e. The zero-order chi connectivity index (χ0) is 14.8. The first-order valence-electron chi connectivity index (χ1n) is 7.02. The van der Waals surface area contributed by atoms with Crippen molar-refractivity contribution in [1.29, 1.82) is 0 Å². The summed E-state index contributed by atoms with van der Waals surface area (Å²) in [5.74, 6) is -0.170. The molecule has 1 aliphatic heterocycles. The Morgan fingerprint density at radius 1 is 1.10 bits per heavy atom. The Labute approximate surface area is 123 Å². The fourth-order valence-electron chi connectivity index (χ4n) is 2.60. The lowest BCUT2D eigenvalue weighted by molar-refractivity contribution is -0.119. The van der Waals surface area contributed by atoms with E-state index in [1.54, 1.807) is 4.90 Å². The molecule has 0 spiro atoms. The Balaban J connectivity index is 2.24. The van der Waals surface area contributed by atoms with Gasteiger partial charge in [-0.15, -0.1) is 0 Å². The number of amides is 1. The van der Waals surface area contributed by atoms with Crippen LogP contribution in [0.4, 0.5) is 5.69 Å². The lowest BCUT2D eigenvalue weighted by Crippen LogP contribution is -2.42. The number of hydrogen-bond acceptors (Lipinski definition) is 3. The number of rotatable bonds is 2. The molecule has 1 heterocycles. The van der Waals surface area contributed by atoms with Gasteiger partial charge in [0.1, 0.15) is 0 Å². The normalized spacial score (nSPS) is 18.0. The summed E-state index contributed by atoms with van der Waals surface area (Å²) in [5, 5.41) is 0. The minimum Gasteiger partial charge on any atom is -0.309 e. The van der Waals surface area contributed by atoms with Crippen LogP contribution in [0.15, 0.2) is 59.6 Å². The summed E-state index contributed by atoms with van der Waals surface area (Å²) in [6, 6.07) is 17.6. The summed E-state index contributed by atoms with van der Waals surface area (Å²) >= 11 is 0. The number of likely N-dealkylation sites (N-methyl/N-ethyl adjacent to an activating group) is 1. The highest BCUT2D eigenvalue weighted by molar-refractivity contribution is 6.20. The predicted molar refractivity (Wildman–Crippen MR) is 84.5 cm³/mol. The first kappa shape index (κ1) is 13.5. The van der Waals surface area contributed by atoms with Gasteiger partial charge in [-0.3, -0.25) is 9.79 Å². The first-order chi connectivity index (χ1) is 10.2. The molecule has 0 aromatic heterocycles. The Morgan fingerprint density at radius 3 is 2.48 bits per heavy atom. The van der Waals surface area contributed by atoms with Crippen molar-refractivity contribution in [3.63, 3.8) is 0 Å². The van der Waals surface area contributed by atoms with Gasteiger partial charge < -0.3 is 10.6 Å². The van der Waals surface area contributed by atoms with E-state index in [0.717, 1.165) is 22.5 Å². The van der Waals surface area contributed by atoms with E-state index in [-0.39, 0.29) is 5.91 Å². The van der Waals surface area contributed by atoms with Gasteiger partial charge in [0.25, 0.3) is 5.91 Å². The molecule has 2 N–H and O–H groups in total. The van der Waals surface area contributed by atoms with Gasteiger partial charge in [0.05, 0.1) is 11.4 Å². The van der Waals surface area contributed by atoms with Crippen molar-refractivity contribution in [3.05, 3.63) is 65.7 Å². The van der Waals surface area contributed by atoms with E-state index in [0.29, 0.717) is 6.54 Å². The van der Waals surface area contributed by atoms with E-state index in [2.05, 4.69) is 4.99 Å². The highest BCUT2D eigenvalue weighted by Gasteiger charge is 2.28. The average Bonchev–Trinajstić information content (AvgIpc) is 2.64. The molecule has 21 heavy (non-hydrogen) atoms. The van der Waals surface area contributed by atoms with Gasteiger partial charge in [0.2, 0.25) is 0 Å². The lowest BCUT2D eigenvalue weighted by Gasteiger charge is -2.22. The van der Waals surface area contributed by atoms with Crippen molar-refractivity contribution in [2.75, 3.05) is 11.4 Å². The predicted octanol–water partition coefficient (Wildman–Crippen LogP) is 2.18. The number of carbonyl (C=O) groups is 1. The van der Waals surface area contributed by atoms with Crippen LogP contribution >= 0.6 is 0 Å². The van der Waals surface area contributed by atoms with Crippen molar-refractivity contribution in [1.82, 2.24) is 0 Å². The number of benzodiazepines with no additional fused rings is 1. The fourth-order valence-corrected chi connectivity index (χ4v) is 2.60. The van der Waals surface area contributed by atoms with Gasteiger partial charge in [-0.1, -0.05) is 48.5 Å². The van der Waals surface area contributed by atoms with Crippen molar-refractivity contribution >= 4 is 17.3 Å². The van der Waals surface area contributed by atoms with Crippen LogP contribution in [0.3, 0.4) is 0 Å². The second kappa shape index (κ2) is 5.50. The number of hydrogen-bond donors (Lipinski definition) is 1. The number of para-hydroxylation sites is 1. The Morgan fingerprint density at radius 2 is 1.76 bits per heavy atom. The third-order valence-electron chi connectivity index (χ3n) is 3.60. The second-order valence-corrected chi connectivity index (χ2v) is 4.89. The van der Waals surface area contributed by atoms with Crippen LogP contribution in [-0.4, -0.2) is 24.3 Å². The summed E-state index contributed by atoms with van der Waals surface area (Å²) < 4.78 is 0. The van der Waals surface area contributed by atoms with E-state index in [1.807, 2.05) is 61.5 Å². The Bertz CT molecular complexity index is 694. The molecule has 0 aliphatic carbocycles. The maximum absolute atomic E-state index is 12.4. The number of carbonyl (C=O) groups excluding carboxylic acids is 1. The monoisotopic (exact) mass is 279 g/mol. The SMILES string of the molecule is CCN1C(=O)[C@H](N)N=C(c2ccccc2)c2ccccc21. The van der Waals surface area contributed by atoms with Crippen LogP contribution in [0.25, 0.3) is 0 Å². The first-order valence-corrected chi connectivity index (χ1v) is 7.02. The van der Waals surface area contributed by atoms with Gasteiger partial charge in [-0.25, -0.2) is 0 Å². The standard InChI is InChI=1S/C17H17N3O/c1-2-20-14-11-7-6-10-13(14)15(19-16(18)17(20)21)12-8-4-3-5-9-12/h3-11,16H,2,18H2,1H3/t16-/m1/s1. The average molecular weight is 279 g/mol. The molecule has 1 amide bonds. The van der Waals surface area contributed by atoms with Crippen molar-refractivity contribution < 1.29 is 4.79 Å². The summed E-state index contributed by atoms with van der Waals surface area (Å²) in [6.45, 7) is 2.51. The lowest BCUT2D eigenvalue weighted by atomic mass is 10.0. The van der Waals surface area contributed by atoms with E-state index >= 15 is 0 Å². The summed E-state index contributed by atoms with van der Waals surface area (Å²) in [5.41, 5.74) is 9.50. The molecule has 3 rings (SSSR count). The number of nitrogens with zero attached hydrogens (tertiary/aromatic N) is 2. The highest BCUT2D eigenvalue weighted by Crippen LogP contribution is 2.27. The van der Waals surface area contributed by atoms with E-state index in [4.69, 9.17) is 5.73 Å². The fraction of sp³-hybridized carbons (Fsp3) is 0.176. The van der Waals surface area contributed by atoms with Crippen LogP contribution in [0.1, 0.15) is 18.1 Å².